The van der Waals surface area contributed by atoms with Crippen LogP contribution in [0.15, 0.2) is 24.3 Å². The number of benzene rings is 1. The second-order valence-corrected chi connectivity index (χ2v) is 4.19. The van der Waals surface area contributed by atoms with Crippen LogP contribution in [0.4, 0.5) is 4.79 Å². The quantitative estimate of drug-likeness (QED) is 0.756. The average molecular weight is 203 g/mol. The Morgan fingerprint density at radius 2 is 2.20 bits per heavy atom. The van der Waals surface area contributed by atoms with E-state index in [0.717, 1.165) is 12.8 Å². The molecule has 0 saturated carbocycles. The predicted molar refractivity (Wildman–Crippen MR) is 55.8 cm³/mol. The van der Waals surface area contributed by atoms with Crippen molar-refractivity contribution in [3.05, 3.63) is 35.4 Å². The second-order valence-electron chi connectivity index (χ2n) is 4.19. The van der Waals surface area contributed by atoms with Crippen molar-refractivity contribution in [3.8, 4) is 0 Å². The first-order valence-electron chi connectivity index (χ1n) is 5.36. The number of carbonyl (C=O) groups is 1. The van der Waals surface area contributed by atoms with Gasteiger partial charge in [-0.2, -0.15) is 0 Å². The fraction of sp³-hybridized carbons (Fsp3) is 0.417. The van der Waals surface area contributed by atoms with Crippen molar-refractivity contribution in [2.45, 2.75) is 24.8 Å². The molecule has 0 bridgehead atoms. The fourth-order valence-electron chi connectivity index (χ4n) is 2.62. The van der Waals surface area contributed by atoms with Gasteiger partial charge in [0, 0.05) is 5.92 Å². The van der Waals surface area contributed by atoms with Crippen LogP contribution >= 0.6 is 0 Å². The lowest BCUT2D eigenvalue weighted by Crippen LogP contribution is -2.31. The lowest BCUT2D eigenvalue weighted by atomic mass is 9.94. The van der Waals surface area contributed by atoms with E-state index in [2.05, 4.69) is 29.6 Å². The minimum absolute atomic E-state index is 0.168. The van der Waals surface area contributed by atoms with Gasteiger partial charge in [0.1, 0.15) is 6.61 Å². The van der Waals surface area contributed by atoms with Gasteiger partial charge >= 0.3 is 6.09 Å². The Morgan fingerprint density at radius 1 is 1.33 bits per heavy atom. The van der Waals surface area contributed by atoms with Gasteiger partial charge in [0.05, 0.1) is 6.04 Å². The highest BCUT2D eigenvalue weighted by molar-refractivity contribution is 5.70. The summed E-state index contributed by atoms with van der Waals surface area (Å²) in [5.74, 6) is 0.438. The Balaban J connectivity index is 1.87. The van der Waals surface area contributed by atoms with Crippen molar-refractivity contribution in [3.63, 3.8) is 0 Å². The third-order valence-electron chi connectivity index (χ3n) is 3.36. The van der Waals surface area contributed by atoms with Crippen molar-refractivity contribution in [1.29, 1.82) is 0 Å². The van der Waals surface area contributed by atoms with E-state index in [0.29, 0.717) is 12.5 Å². The molecule has 1 aliphatic heterocycles. The first-order chi connectivity index (χ1) is 7.34. The minimum atomic E-state index is -0.274. The van der Waals surface area contributed by atoms with Gasteiger partial charge in [-0.15, -0.1) is 0 Å². The average Bonchev–Trinajstić information content (AvgIpc) is 2.83. The van der Waals surface area contributed by atoms with E-state index in [1.165, 1.54) is 11.1 Å². The molecule has 0 aromatic heterocycles. The van der Waals surface area contributed by atoms with Gasteiger partial charge in [-0.1, -0.05) is 24.3 Å². The molecule has 1 amide bonds. The SMILES string of the molecule is O=C1NC(C2CCc3ccccc32)CO1. The number of rotatable bonds is 1. The molecule has 0 spiro atoms. The number of ether oxygens (including phenoxy) is 1. The number of cyclic esters (lactones) is 1. The van der Waals surface area contributed by atoms with Crippen molar-refractivity contribution >= 4 is 6.09 Å². The Kier molecular flexibility index (Phi) is 1.91. The Hall–Kier alpha value is -1.51. The molecule has 78 valence electrons. The Labute approximate surface area is 88.4 Å². The molecule has 2 unspecified atom stereocenters. The van der Waals surface area contributed by atoms with Gasteiger partial charge in [-0.05, 0) is 24.0 Å². The van der Waals surface area contributed by atoms with Gasteiger partial charge in [-0.25, -0.2) is 4.79 Å². The van der Waals surface area contributed by atoms with Gasteiger partial charge in [0.2, 0.25) is 0 Å². The molecule has 1 aromatic rings. The van der Waals surface area contributed by atoms with E-state index >= 15 is 0 Å². The molecule has 15 heavy (non-hydrogen) atoms. The van der Waals surface area contributed by atoms with E-state index in [1.54, 1.807) is 0 Å². The maximum atomic E-state index is 11.0. The van der Waals surface area contributed by atoms with Crippen LogP contribution in [0, 0.1) is 0 Å². The number of fused-ring (bicyclic) bond motifs is 1. The van der Waals surface area contributed by atoms with Crippen LogP contribution in [-0.4, -0.2) is 18.7 Å². The van der Waals surface area contributed by atoms with Crippen molar-refractivity contribution in [1.82, 2.24) is 5.32 Å². The molecule has 3 heteroatoms. The van der Waals surface area contributed by atoms with Crippen molar-refractivity contribution in [2.24, 2.45) is 0 Å². The van der Waals surface area contributed by atoms with E-state index in [1.807, 2.05) is 0 Å². The zero-order chi connectivity index (χ0) is 10.3. The smallest absolute Gasteiger partial charge is 0.407 e. The molecule has 0 radical (unpaired) electrons. The second kappa shape index (κ2) is 3.26. The highest BCUT2D eigenvalue weighted by Crippen LogP contribution is 2.36. The maximum absolute atomic E-state index is 11.0. The third-order valence-corrected chi connectivity index (χ3v) is 3.36. The first-order valence-corrected chi connectivity index (χ1v) is 5.36. The normalized spacial score (nSPS) is 28.4. The Bertz CT molecular complexity index is 402. The van der Waals surface area contributed by atoms with Gasteiger partial charge < -0.3 is 10.1 Å². The zero-order valence-electron chi connectivity index (χ0n) is 8.40. The molecule has 1 N–H and O–H groups in total. The molecular formula is C12H13NO2. The molecule has 1 aliphatic carbocycles. The summed E-state index contributed by atoms with van der Waals surface area (Å²) in [4.78, 5) is 11.0. The van der Waals surface area contributed by atoms with Crippen LogP contribution in [0.5, 0.6) is 0 Å². The minimum Gasteiger partial charge on any atom is -0.447 e. The summed E-state index contributed by atoms with van der Waals surface area (Å²) in [7, 11) is 0. The molecule has 1 fully saturated rings. The molecule has 1 saturated heterocycles. The standard InChI is InChI=1S/C12H13NO2/c14-12-13-11(7-15-12)10-6-5-8-3-1-2-4-9(8)10/h1-4,10-11H,5-7H2,(H,13,14). The maximum Gasteiger partial charge on any atom is 0.407 e. The highest BCUT2D eigenvalue weighted by atomic mass is 16.6. The van der Waals surface area contributed by atoms with Crippen LogP contribution in [-0.2, 0) is 11.2 Å². The summed E-state index contributed by atoms with van der Waals surface area (Å²) in [6.07, 6.45) is 1.96. The number of nitrogens with one attached hydrogen (secondary N) is 1. The van der Waals surface area contributed by atoms with Gasteiger partial charge in [-0.3, -0.25) is 0 Å². The summed E-state index contributed by atoms with van der Waals surface area (Å²) >= 11 is 0. The largest absolute Gasteiger partial charge is 0.447 e. The van der Waals surface area contributed by atoms with Crippen molar-refractivity contribution < 1.29 is 9.53 Å². The molecule has 1 aromatic carbocycles. The predicted octanol–water partition coefficient (Wildman–Crippen LogP) is 1.82. The van der Waals surface area contributed by atoms with E-state index in [9.17, 15) is 4.79 Å². The van der Waals surface area contributed by atoms with Crippen LogP contribution in [0.2, 0.25) is 0 Å². The molecule has 2 aliphatic rings. The third kappa shape index (κ3) is 1.39. The lowest BCUT2D eigenvalue weighted by molar-refractivity contribution is 0.176. The van der Waals surface area contributed by atoms with Crippen LogP contribution < -0.4 is 5.32 Å². The summed E-state index contributed by atoms with van der Waals surface area (Å²) in [6, 6.07) is 8.64. The fourth-order valence-corrected chi connectivity index (χ4v) is 2.62. The van der Waals surface area contributed by atoms with E-state index in [4.69, 9.17) is 4.74 Å². The number of hydrogen-bond donors (Lipinski definition) is 1. The van der Waals surface area contributed by atoms with Crippen LogP contribution in [0.3, 0.4) is 0 Å². The summed E-state index contributed by atoms with van der Waals surface area (Å²) < 4.78 is 4.94. The summed E-state index contributed by atoms with van der Waals surface area (Å²) in [5, 5.41) is 2.88. The molecule has 2 atom stereocenters. The van der Waals surface area contributed by atoms with Crippen LogP contribution in [0.1, 0.15) is 23.5 Å². The Morgan fingerprint density at radius 3 is 3.00 bits per heavy atom. The van der Waals surface area contributed by atoms with Gasteiger partial charge in [0.25, 0.3) is 0 Å². The monoisotopic (exact) mass is 203 g/mol. The highest BCUT2D eigenvalue weighted by Gasteiger charge is 2.34. The molecule has 1 heterocycles. The number of hydrogen-bond acceptors (Lipinski definition) is 2. The number of amides is 1. The molecular weight excluding hydrogens is 190 g/mol. The number of alkyl carbamates (subject to hydrolysis) is 1. The first kappa shape index (κ1) is 8.77. The van der Waals surface area contributed by atoms with E-state index < -0.39 is 0 Å². The topological polar surface area (TPSA) is 38.3 Å². The van der Waals surface area contributed by atoms with Crippen LogP contribution in [0.25, 0.3) is 0 Å². The van der Waals surface area contributed by atoms with Crippen molar-refractivity contribution in [2.75, 3.05) is 6.61 Å². The molecule has 3 rings (SSSR count). The zero-order valence-corrected chi connectivity index (χ0v) is 8.40. The number of aryl methyl sites for hydroxylation is 1. The number of carbonyl (C=O) groups excluding carboxylic acids is 1. The van der Waals surface area contributed by atoms with E-state index in [-0.39, 0.29) is 12.1 Å². The van der Waals surface area contributed by atoms with Gasteiger partial charge in [0.15, 0.2) is 0 Å². The summed E-state index contributed by atoms with van der Waals surface area (Å²) in [6.45, 7) is 0.512. The summed E-state index contributed by atoms with van der Waals surface area (Å²) in [5.41, 5.74) is 2.80. The molecule has 3 nitrogen and oxygen atoms in total. The lowest BCUT2D eigenvalue weighted by Gasteiger charge is -2.16.